The molecule has 0 aliphatic heterocycles. The molecule has 19 heavy (non-hydrogen) atoms. The Labute approximate surface area is 114 Å². The fourth-order valence-corrected chi connectivity index (χ4v) is 2.86. The van der Waals surface area contributed by atoms with Gasteiger partial charge in [-0.15, -0.1) is 0 Å². The molecule has 1 aliphatic carbocycles. The third-order valence-corrected chi connectivity index (χ3v) is 4.11. The monoisotopic (exact) mass is 262 g/mol. The highest BCUT2D eigenvalue weighted by Gasteiger charge is 2.38. The van der Waals surface area contributed by atoms with Crippen LogP contribution in [0.25, 0.3) is 0 Å². The predicted octanol–water partition coefficient (Wildman–Crippen LogP) is 3.88. The Morgan fingerprint density at radius 1 is 1.11 bits per heavy atom. The molecule has 1 saturated carbocycles. The maximum absolute atomic E-state index is 11.6. The number of carboxylic acid groups (broad SMARTS) is 1. The van der Waals surface area contributed by atoms with Crippen molar-refractivity contribution in [1.82, 2.24) is 0 Å². The Morgan fingerprint density at radius 3 is 2.32 bits per heavy atom. The average molecular weight is 262 g/mol. The molecule has 1 aromatic rings. The zero-order valence-corrected chi connectivity index (χ0v) is 11.3. The first-order valence-electron chi connectivity index (χ1n) is 7.14. The molecule has 1 aromatic carbocycles. The lowest BCUT2D eigenvalue weighted by atomic mass is 9.78. The van der Waals surface area contributed by atoms with Crippen LogP contribution in [-0.2, 0) is 4.79 Å². The van der Waals surface area contributed by atoms with Gasteiger partial charge in [0.25, 0.3) is 0 Å². The number of hydrogen-bond donors (Lipinski definition) is 1. The van der Waals surface area contributed by atoms with Crippen LogP contribution in [0.5, 0.6) is 5.75 Å². The number of benzene rings is 1. The van der Waals surface area contributed by atoms with Crippen molar-refractivity contribution in [2.45, 2.75) is 44.9 Å². The van der Waals surface area contributed by atoms with E-state index in [1.165, 1.54) is 0 Å². The van der Waals surface area contributed by atoms with Crippen molar-refractivity contribution < 1.29 is 14.6 Å². The van der Waals surface area contributed by atoms with Crippen molar-refractivity contribution in [3.63, 3.8) is 0 Å². The van der Waals surface area contributed by atoms with E-state index < -0.39 is 11.4 Å². The molecule has 0 bridgehead atoms. The molecule has 0 saturated heterocycles. The molecule has 0 radical (unpaired) electrons. The number of carboxylic acids is 1. The van der Waals surface area contributed by atoms with Gasteiger partial charge in [-0.1, -0.05) is 43.9 Å². The highest BCUT2D eigenvalue weighted by atomic mass is 16.5. The zero-order chi connectivity index (χ0) is 13.6. The number of para-hydroxylation sites is 1. The summed E-state index contributed by atoms with van der Waals surface area (Å²) in [6.45, 7) is 0.482. The second kappa shape index (κ2) is 6.60. The van der Waals surface area contributed by atoms with Gasteiger partial charge in [0.05, 0.1) is 12.0 Å². The first-order chi connectivity index (χ1) is 9.23. The van der Waals surface area contributed by atoms with Gasteiger partial charge in [-0.05, 0) is 31.4 Å². The van der Waals surface area contributed by atoms with Gasteiger partial charge in [0.15, 0.2) is 0 Å². The standard InChI is InChI=1S/C16H22O3/c17-15(18)16(10-6-1-2-7-11-16)12-13-19-14-8-4-3-5-9-14/h3-5,8-9H,1-2,6-7,10-13H2,(H,17,18). The normalized spacial score (nSPS) is 18.5. The Morgan fingerprint density at radius 2 is 1.74 bits per heavy atom. The molecule has 0 aromatic heterocycles. The summed E-state index contributed by atoms with van der Waals surface area (Å²) < 4.78 is 5.66. The average Bonchev–Trinajstić information content (AvgIpc) is 2.67. The summed E-state index contributed by atoms with van der Waals surface area (Å²) in [5.41, 5.74) is -0.564. The maximum Gasteiger partial charge on any atom is 0.309 e. The van der Waals surface area contributed by atoms with Crippen LogP contribution >= 0.6 is 0 Å². The second-order valence-electron chi connectivity index (χ2n) is 5.41. The van der Waals surface area contributed by atoms with Crippen molar-refractivity contribution >= 4 is 5.97 Å². The van der Waals surface area contributed by atoms with Crippen molar-refractivity contribution in [2.24, 2.45) is 5.41 Å². The van der Waals surface area contributed by atoms with Crippen LogP contribution in [0.4, 0.5) is 0 Å². The maximum atomic E-state index is 11.6. The second-order valence-corrected chi connectivity index (χ2v) is 5.41. The summed E-state index contributed by atoms with van der Waals surface area (Å²) in [6.07, 6.45) is 6.57. The molecule has 0 unspecified atom stereocenters. The van der Waals surface area contributed by atoms with Gasteiger partial charge in [-0.25, -0.2) is 0 Å². The molecule has 1 fully saturated rings. The lowest BCUT2D eigenvalue weighted by Crippen LogP contribution is -2.32. The van der Waals surface area contributed by atoms with Gasteiger partial charge in [0, 0.05) is 0 Å². The van der Waals surface area contributed by atoms with E-state index in [4.69, 9.17) is 4.74 Å². The van der Waals surface area contributed by atoms with Gasteiger partial charge in [-0.3, -0.25) is 4.79 Å². The third kappa shape index (κ3) is 3.72. The lowest BCUT2D eigenvalue weighted by molar-refractivity contribution is -0.150. The van der Waals surface area contributed by atoms with Gasteiger partial charge < -0.3 is 9.84 Å². The smallest absolute Gasteiger partial charge is 0.309 e. The summed E-state index contributed by atoms with van der Waals surface area (Å²) in [7, 11) is 0. The van der Waals surface area contributed by atoms with E-state index in [2.05, 4.69) is 0 Å². The van der Waals surface area contributed by atoms with E-state index in [1.54, 1.807) is 0 Å². The van der Waals surface area contributed by atoms with Gasteiger partial charge in [0.1, 0.15) is 5.75 Å². The van der Waals surface area contributed by atoms with Gasteiger partial charge in [0.2, 0.25) is 0 Å². The van der Waals surface area contributed by atoms with Crippen LogP contribution in [0.2, 0.25) is 0 Å². The largest absolute Gasteiger partial charge is 0.494 e. The molecule has 0 amide bonds. The summed E-state index contributed by atoms with van der Waals surface area (Å²) in [5, 5.41) is 9.56. The number of rotatable bonds is 5. The Bertz CT molecular complexity index is 392. The highest BCUT2D eigenvalue weighted by molar-refractivity contribution is 5.74. The van der Waals surface area contributed by atoms with Crippen LogP contribution in [0.1, 0.15) is 44.9 Å². The van der Waals surface area contributed by atoms with Crippen molar-refractivity contribution in [2.75, 3.05) is 6.61 Å². The molecule has 0 spiro atoms. The minimum Gasteiger partial charge on any atom is -0.494 e. The number of carbonyl (C=O) groups is 1. The Kier molecular flexibility index (Phi) is 4.83. The molecule has 1 N–H and O–H groups in total. The van der Waals surface area contributed by atoms with Gasteiger partial charge in [-0.2, -0.15) is 0 Å². The molecule has 0 heterocycles. The lowest BCUT2D eigenvalue weighted by Gasteiger charge is -2.27. The molecule has 1 aliphatic rings. The molecule has 3 nitrogen and oxygen atoms in total. The van der Waals surface area contributed by atoms with Crippen molar-refractivity contribution in [3.8, 4) is 5.75 Å². The molecule has 0 atom stereocenters. The van der Waals surface area contributed by atoms with Crippen LogP contribution in [0.15, 0.2) is 30.3 Å². The first-order valence-corrected chi connectivity index (χ1v) is 7.14. The SMILES string of the molecule is O=C(O)C1(CCOc2ccccc2)CCCCCC1. The van der Waals surface area contributed by atoms with Gasteiger partial charge >= 0.3 is 5.97 Å². The van der Waals surface area contributed by atoms with E-state index >= 15 is 0 Å². The highest BCUT2D eigenvalue weighted by Crippen LogP contribution is 2.38. The quantitative estimate of drug-likeness (QED) is 0.819. The molecule has 104 valence electrons. The van der Waals surface area contributed by atoms with Crippen molar-refractivity contribution in [3.05, 3.63) is 30.3 Å². The topological polar surface area (TPSA) is 46.5 Å². The minimum absolute atomic E-state index is 0.482. The molecular formula is C16H22O3. The summed E-state index contributed by atoms with van der Waals surface area (Å²) >= 11 is 0. The van der Waals surface area contributed by atoms with Crippen LogP contribution < -0.4 is 4.74 Å². The summed E-state index contributed by atoms with van der Waals surface area (Å²) in [6, 6.07) is 9.60. The summed E-state index contributed by atoms with van der Waals surface area (Å²) in [4.78, 5) is 11.6. The third-order valence-electron chi connectivity index (χ3n) is 4.11. The predicted molar refractivity (Wildman–Crippen MR) is 74.3 cm³/mol. The number of aliphatic carboxylic acids is 1. The fourth-order valence-electron chi connectivity index (χ4n) is 2.86. The molecule has 2 rings (SSSR count). The Balaban J connectivity index is 1.91. The van der Waals surface area contributed by atoms with E-state index in [0.29, 0.717) is 13.0 Å². The number of ether oxygens (including phenoxy) is 1. The number of hydrogen-bond acceptors (Lipinski definition) is 2. The first kappa shape index (κ1) is 13.9. The van der Waals surface area contributed by atoms with Crippen molar-refractivity contribution in [1.29, 1.82) is 0 Å². The van der Waals surface area contributed by atoms with Crippen LogP contribution in [0, 0.1) is 5.41 Å². The minimum atomic E-state index is -0.647. The fraction of sp³-hybridized carbons (Fsp3) is 0.562. The van der Waals surface area contributed by atoms with E-state index in [-0.39, 0.29) is 0 Å². The zero-order valence-electron chi connectivity index (χ0n) is 11.3. The van der Waals surface area contributed by atoms with E-state index in [0.717, 1.165) is 44.3 Å². The Hall–Kier alpha value is -1.51. The van der Waals surface area contributed by atoms with E-state index in [9.17, 15) is 9.90 Å². The molecule has 3 heteroatoms. The molecular weight excluding hydrogens is 240 g/mol. The van der Waals surface area contributed by atoms with E-state index in [1.807, 2.05) is 30.3 Å². The van der Waals surface area contributed by atoms with Crippen LogP contribution in [-0.4, -0.2) is 17.7 Å². The van der Waals surface area contributed by atoms with Crippen LogP contribution in [0.3, 0.4) is 0 Å². The summed E-state index contributed by atoms with van der Waals surface area (Å²) in [5.74, 6) is 0.169.